The molecule has 0 spiro atoms. The van der Waals surface area contributed by atoms with Crippen LogP contribution in [0.4, 0.5) is 0 Å². The van der Waals surface area contributed by atoms with Crippen LogP contribution < -0.4 is 0 Å². The lowest BCUT2D eigenvalue weighted by molar-refractivity contribution is 0.0793. The van der Waals surface area contributed by atoms with Crippen LogP contribution in [0, 0.1) is 6.92 Å². The van der Waals surface area contributed by atoms with Crippen molar-refractivity contribution in [3.05, 3.63) is 35.4 Å². The molecule has 1 amide bonds. The Labute approximate surface area is 98.4 Å². The Morgan fingerprint density at radius 3 is 2.60 bits per heavy atom. The maximum absolute atomic E-state index is 12.0. The van der Waals surface area contributed by atoms with Crippen molar-refractivity contribution >= 4 is 21.8 Å². The van der Waals surface area contributed by atoms with Gasteiger partial charge in [0, 0.05) is 23.5 Å². The zero-order valence-corrected chi connectivity index (χ0v) is 10.3. The molecule has 1 unspecified atom stereocenters. The van der Waals surface area contributed by atoms with Crippen molar-refractivity contribution in [3.8, 4) is 0 Å². The van der Waals surface area contributed by atoms with Gasteiger partial charge in [-0.05, 0) is 25.5 Å². The Morgan fingerprint density at radius 1 is 1.40 bits per heavy atom. The van der Waals surface area contributed by atoms with E-state index in [4.69, 9.17) is 0 Å². The molecule has 80 valence electrons. The molecule has 1 fully saturated rings. The number of nitrogens with zero attached hydrogens (tertiary/aromatic N) is 1. The predicted molar refractivity (Wildman–Crippen MR) is 64.4 cm³/mol. The number of rotatable bonds is 1. The summed E-state index contributed by atoms with van der Waals surface area (Å²) in [7, 11) is 0. The molecule has 1 atom stereocenters. The number of aryl methyl sites for hydroxylation is 1. The minimum absolute atomic E-state index is 0.150. The highest BCUT2D eigenvalue weighted by molar-refractivity contribution is 9.09. The number of hydrogen-bond donors (Lipinski definition) is 0. The van der Waals surface area contributed by atoms with E-state index >= 15 is 0 Å². The van der Waals surface area contributed by atoms with Crippen LogP contribution >= 0.6 is 15.9 Å². The summed E-state index contributed by atoms with van der Waals surface area (Å²) in [6, 6.07) is 7.77. The number of amides is 1. The minimum Gasteiger partial charge on any atom is -0.337 e. The topological polar surface area (TPSA) is 20.3 Å². The molecular formula is C12H14BrNO. The van der Waals surface area contributed by atoms with Crippen molar-refractivity contribution < 1.29 is 4.79 Å². The van der Waals surface area contributed by atoms with E-state index in [1.54, 1.807) is 0 Å². The average Bonchev–Trinajstić information content (AvgIpc) is 2.65. The first-order chi connectivity index (χ1) is 7.16. The summed E-state index contributed by atoms with van der Waals surface area (Å²) in [5.41, 5.74) is 1.98. The molecule has 2 nitrogen and oxygen atoms in total. The van der Waals surface area contributed by atoms with Crippen LogP contribution in [0.3, 0.4) is 0 Å². The predicted octanol–water partition coefficient (Wildman–Crippen LogP) is 2.60. The Morgan fingerprint density at radius 2 is 2.07 bits per heavy atom. The van der Waals surface area contributed by atoms with Crippen LogP contribution in [0.1, 0.15) is 22.3 Å². The van der Waals surface area contributed by atoms with Crippen LogP contribution in [-0.4, -0.2) is 28.7 Å². The van der Waals surface area contributed by atoms with Crippen molar-refractivity contribution in [1.82, 2.24) is 4.90 Å². The summed E-state index contributed by atoms with van der Waals surface area (Å²) < 4.78 is 0. The van der Waals surface area contributed by atoms with Gasteiger partial charge in [-0.15, -0.1) is 0 Å². The van der Waals surface area contributed by atoms with Crippen molar-refractivity contribution in [2.75, 3.05) is 13.1 Å². The van der Waals surface area contributed by atoms with Crippen molar-refractivity contribution in [1.29, 1.82) is 0 Å². The van der Waals surface area contributed by atoms with Gasteiger partial charge < -0.3 is 4.90 Å². The molecule has 1 saturated heterocycles. The molecule has 1 aromatic rings. The number of benzene rings is 1. The van der Waals surface area contributed by atoms with Gasteiger partial charge in [0.25, 0.3) is 5.91 Å². The number of alkyl halides is 1. The third-order valence-corrected chi connectivity index (χ3v) is 3.46. The summed E-state index contributed by atoms with van der Waals surface area (Å²) in [5, 5.41) is 0. The summed E-state index contributed by atoms with van der Waals surface area (Å²) >= 11 is 3.54. The Bertz CT molecular complexity index is 360. The number of halogens is 1. The molecule has 2 rings (SSSR count). The van der Waals surface area contributed by atoms with E-state index < -0.39 is 0 Å². The third-order valence-electron chi connectivity index (χ3n) is 2.72. The molecule has 1 heterocycles. The molecular weight excluding hydrogens is 254 g/mol. The van der Waals surface area contributed by atoms with E-state index in [1.165, 1.54) is 5.56 Å². The van der Waals surface area contributed by atoms with Gasteiger partial charge in [0.1, 0.15) is 0 Å². The SMILES string of the molecule is Cc1ccc(C(=O)N2CCC(Br)C2)cc1. The summed E-state index contributed by atoms with van der Waals surface area (Å²) in [6.07, 6.45) is 1.05. The third kappa shape index (κ3) is 2.40. The second kappa shape index (κ2) is 4.35. The summed E-state index contributed by atoms with van der Waals surface area (Å²) in [4.78, 5) is 14.4. The van der Waals surface area contributed by atoms with Gasteiger partial charge in [0.2, 0.25) is 0 Å². The molecule has 0 aliphatic carbocycles. The largest absolute Gasteiger partial charge is 0.337 e. The number of carbonyl (C=O) groups excluding carboxylic acids is 1. The van der Waals surface area contributed by atoms with Crippen LogP contribution in [0.2, 0.25) is 0 Å². The molecule has 3 heteroatoms. The zero-order chi connectivity index (χ0) is 10.8. The minimum atomic E-state index is 0.150. The molecule has 1 aliphatic rings. The van der Waals surface area contributed by atoms with Gasteiger partial charge in [-0.3, -0.25) is 4.79 Å². The fraction of sp³-hybridized carbons (Fsp3) is 0.417. The lowest BCUT2D eigenvalue weighted by Gasteiger charge is -2.15. The first-order valence-electron chi connectivity index (χ1n) is 5.17. The second-order valence-electron chi connectivity index (χ2n) is 4.00. The van der Waals surface area contributed by atoms with Gasteiger partial charge in [-0.1, -0.05) is 33.6 Å². The molecule has 1 aromatic carbocycles. The van der Waals surface area contributed by atoms with Gasteiger partial charge in [-0.25, -0.2) is 0 Å². The highest BCUT2D eigenvalue weighted by Gasteiger charge is 2.24. The summed E-state index contributed by atoms with van der Waals surface area (Å²) in [5.74, 6) is 0.150. The smallest absolute Gasteiger partial charge is 0.253 e. The van der Waals surface area contributed by atoms with Gasteiger partial charge in [0.15, 0.2) is 0 Å². The van der Waals surface area contributed by atoms with Crippen LogP contribution in [0.25, 0.3) is 0 Å². The first kappa shape index (κ1) is 10.7. The Hall–Kier alpha value is -0.830. The number of carbonyl (C=O) groups is 1. The van der Waals surface area contributed by atoms with E-state index in [-0.39, 0.29) is 5.91 Å². The van der Waals surface area contributed by atoms with Crippen LogP contribution in [0.5, 0.6) is 0 Å². The van der Waals surface area contributed by atoms with Crippen LogP contribution in [0.15, 0.2) is 24.3 Å². The average molecular weight is 268 g/mol. The molecule has 1 aliphatic heterocycles. The van der Waals surface area contributed by atoms with Gasteiger partial charge in [-0.2, -0.15) is 0 Å². The molecule has 0 saturated carbocycles. The Balaban J connectivity index is 2.11. The van der Waals surface area contributed by atoms with E-state index in [0.29, 0.717) is 4.83 Å². The van der Waals surface area contributed by atoms with Crippen molar-refractivity contribution in [2.24, 2.45) is 0 Å². The fourth-order valence-corrected chi connectivity index (χ4v) is 2.34. The number of hydrogen-bond acceptors (Lipinski definition) is 1. The van der Waals surface area contributed by atoms with Crippen molar-refractivity contribution in [2.45, 2.75) is 18.2 Å². The fourth-order valence-electron chi connectivity index (χ4n) is 1.78. The lowest BCUT2D eigenvalue weighted by atomic mass is 10.1. The standard InChI is InChI=1S/C12H14BrNO/c1-9-2-4-10(5-3-9)12(15)14-7-6-11(13)8-14/h2-5,11H,6-8H2,1H3. The second-order valence-corrected chi connectivity index (χ2v) is 5.30. The molecule has 0 N–H and O–H groups in total. The number of likely N-dealkylation sites (tertiary alicyclic amines) is 1. The maximum atomic E-state index is 12.0. The normalized spacial score (nSPS) is 20.7. The summed E-state index contributed by atoms with van der Waals surface area (Å²) in [6.45, 7) is 3.72. The highest BCUT2D eigenvalue weighted by atomic mass is 79.9. The monoisotopic (exact) mass is 267 g/mol. The maximum Gasteiger partial charge on any atom is 0.253 e. The van der Waals surface area contributed by atoms with E-state index in [0.717, 1.165) is 25.1 Å². The van der Waals surface area contributed by atoms with E-state index in [1.807, 2.05) is 36.1 Å². The van der Waals surface area contributed by atoms with Gasteiger partial charge in [0.05, 0.1) is 0 Å². The lowest BCUT2D eigenvalue weighted by Crippen LogP contribution is -2.28. The van der Waals surface area contributed by atoms with Crippen molar-refractivity contribution in [3.63, 3.8) is 0 Å². The quantitative estimate of drug-likeness (QED) is 0.717. The van der Waals surface area contributed by atoms with E-state index in [2.05, 4.69) is 15.9 Å². The van der Waals surface area contributed by atoms with Crippen LogP contribution in [-0.2, 0) is 0 Å². The highest BCUT2D eigenvalue weighted by Crippen LogP contribution is 2.18. The molecule has 0 bridgehead atoms. The molecule has 0 aromatic heterocycles. The molecule has 0 radical (unpaired) electrons. The zero-order valence-electron chi connectivity index (χ0n) is 8.74. The van der Waals surface area contributed by atoms with Gasteiger partial charge >= 0.3 is 0 Å². The van der Waals surface area contributed by atoms with E-state index in [9.17, 15) is 4.79 Å². The molecule has 15 heavy (non-hydrogen) atoms. The first-order valence-corrected chi connectivity index (χ1v) is 6.08. The Kier molecular flexibility index (Phi) is 3.10.